The molecular formula is C21H27N5O3. The molecule has 0 saturated carbocycles. The second-order valence-electron chi connectivity index (χ2n) is 7.51. The molecule has 1 aromatic carbocycles. The Balaban J connectivity index is 1.43. The van der Waals surface area contributed by atoms with Gasteiger partial charge in [-0.2, -0.15) is 5.10 Å². The summed E-state index contributed by atoms with van der Waals surface area (Å²) < 4.78 is 1.59. The lowest BCUT2D eigenvalue weighted by atomic mass is 10.0. The highest BCUT2D eigenvalue weighted by molar-refractivity contribution is 5.96. The van der Waals surface area contributed by atoms with Crippen LogP contribution in [0.5, 0.6) is 0 Å². The van der Waals surface area contributed by atoms with Crippen molar-refractivity contribution < 1.29 is 14.4 Å². The number of aryl methyl sites for hydroxylation is 3. The number of amides is 3. The molecule has 3 amide bonds. The van der Waals surface area contributed by atoms with Gasteiger partial charge in [0.05, 0.1) is 18.3 Å². The van der Waals surface area contributed by atoms with E-state index >= 15 is 0 Å². The molecule has 1 aromatic heterocycles. The molecule has 1 fully saturated rings. The van der Waals surface area contributed by atoms with Crippen LogP contribution < -0.4 is 10.6 Å². The van der Waals surface area contributed by atoms with Gasteiger partial charge >= 0.3 is 0 Å². The summed E-state index contributed by atoms with van der Waals surface area (Å²) in [6.07, 6.45) is 4.57. The molecule has 0 aliphatic carbocycles. The van der Waals surface area contributed by atoms with Crippen molar-refractivity contribution >= 4 is 17.7 Å². The van der Waals surface area contributed by atoms with E-state index in [0.717, 1.165) is 11.1 Å². The van der Waals surface area contributed by atoms with E-state index in [0.29, 0.717) is 37.1 Å². The topological polar surface area (TPSA) is 96.3 Å². The Hall–Kier alpha value is -3.16. The monoisotopic (exact) mass is 397 g/mol. The Morgan fingerprint density at radius 1 is 1.07 bits per heavy atom. The van der Waals surface area contributed by atoms with E-state index in [1.165, 1.54) is 6.20 Å². The number of hydrogen-bond acceptors (Lipinski definition) is 4. The summed E-state index contributed by atoms with van der Waals surface area (Å²) in [7, 11) is 1.76. The van der Waals surface area contributed by atoms with Crippen molar-refractivity contribution in [1.29, 1.82) is 0 Å². The third kappa shape index (κ3) is 5.22. The van der Waals surface area contributed by atoms with Crippen LogP contribution in [0.3, 0.4) is 0 Å². The summed E-state index contributed by atoms with van der Waals surface area (Å²) in [6, 6.07) is 5.51. The van der Waals surface area contributed by atoms with Crippen molar-refractivity contribution in [3.05, 3.63) is 52.8 Å². The van der Waals surface area contributed by atoms with Crippen molar-refractivity contribution in [3.8, 4) is 0 Å². The number of nitrogens with one attached hydrogen (secondary N) is 2. The second-order valence-corrected chi connectivity index (χ2v) is 7.51. The van der Waals surface area contributed by atoms with Gasteiger partial charge in [0, 0.05) is 37.9 Å². The Kier molecular flexibility index (Phi) is 6.31. The van der Waals surface area contributed by atoms with Gasteiger partial charge in [0.1, 0.15) is 0 Å². The van der Waals surface area contributed by atoms with Gasteiger partial charge in [-0.15, -0.1) is 0 Å². The molecule has 0 unspecified atom stereocenters. The van der Waals surface area contributed by atoms with Crippen LogP contribution >= 0.6 is 0 Å². The lowest BCUT2D eigenvalue weighted by Gasteiger charge is -2.32. The van der Waals surface area contributed by atoms with Crippen LogP contribution in [0, 0.1) is 13.8 Å². The van der Waals surface area contributed by atoms with Crippen LogP contribution in [-0.2, 0) is 11.8 Å². The number of benzene rings is 1. The van der Waals surface area contributed by atoms with Gasteiger partial charge in [-0.3, -0.25) is 19.1 Å². The average molecular weight is 397 g/mol. The fourth-order valence-electron chi connectivity index (χ4n) is 3.33. The number of nitrogens with zero attached hydrogens (tertiary/aromatic N) is 3. The number of rotatable bonds is 5. The molecule has 154 valence electrons. The van der Waals surface area contributed by atoms with Crippen LogP contribution in [0.15, 0.2) is 30.6 Å². The Bertz CT molecular complexity index is 913. The minimum atomic E-state index is -0.250. The van der Waals surface area contributed by atoms with E-state index in [4.69, 9.17) is 0 Å². The summed E-state index contributed by atoms with van der Waals surface area (Å²) in [5, 5.41) is 9.69. The maximum absolute atomic E-state index is 12.4. The van der Waals surface area contributed by atoms with Crippen LogP contribution in [0.2, 0.25) is 0 Å². The quantitative estimate of drug-likeness (QED) is 0.792. The average Bonchev–Trinajstić information content (AvgIpc) is 3.15. The minimum Gasteiger partial charge on any atom is -0.349 e. The van der Waals surface area contributed by atoms with Gasteiger partial charge in [0.15, 0.2) is 0 Å². The molecular weight excluding hydrogens is 370 g/mol. The zero-order valence-corrected chi connectivity index (χ0v) is 17.1. The van der Waals surface area contributed by atoms with Crippen molar-refractivity contribution in [1.82, 2.24) is 25.3 Å². The Labute approximate surface area is 170 Å². The molecule has 0 radical (unpaired) electrons. The number of piperidine rings is 1. The van der Waals surface area contributed by atoms with Gasteiger partial charge in [0.25, 0.3) is 11.8 Å². The summed E-state index contributed by atoms with van der Waals surface area (Å²) in [5.41, 5.74) is 3.24. The van der Waals surface area contributed by atoms with E-state index in [2.05, 4.69) is 15.7 Å². The van der Waals surface area contributed by atoms with Gasteiger partial charge in [-0.1, -0.05) is 6.07 Å². The molecule has 2 heterocycles. The predicted molar refractivity (Wildman–Crippen MR) is 109 cm³/mol. The maximum atomic E-state index is 12.4. The fraction of sp³-hybridized carbons (Fsp3) is 0.429. The highest BCUT2D eigenvalue weighted by Gasteiger charge is 2.24. The highest BCUT2D eigenvalue weighted by atomic mass is 16.2. The smallest absolute Gasteiger partial charge is 0.254 e. The van der Waals surface area contributed by atoms with Gasteiger partial charge in [-0.25, -0.2) is 0 Å². The first-order valence-electron chi connectivity index (χ1n) is 9.76. The van der Waals surface area contributed by atoms with Crippen molar-refractivity contribution in [3.63, 3.8) is 0 Å². The van der Waals surface area contributed by atoms with Crippen molar-refractivity contribution in [2.75, 3.05) is 19.6 Å². The van der Waals surface area contributed by atoms with Crippen molar-refractivity contribution in [2.45, 2.75) is 32.7 Å². The Morgan fingerprint density at radius 3 is 2.41 bits per heavy atom. The molecule has 1 aliphatic rings. The van der Waals surface area contributed by atoms with Crippen LogP contribution in [0.4, 0.5) is 0 Å². The number of aromatic nitrogens is 2. The third-order valence-corrected chi connectivity index (χ3v) is 5.32. The standard InChI is InChI=1S/C21H27N5O3/c1-14-4-5-16(10-15(14)2)20(28)22-12-19(27)26-8-6-18(7-9-26)24-21(29)17-11-23-25(3)13-17/h4-5,10-11,13,18H,6-9,12H2,1-3H3,(H,22,28)(H,24,29). The van der Waals surface area contributed by atoms with Crippen LogP contribution in [-0.4, -0.2) is 58.1 Å². The normalized spacial score (nSPS) is 14.5. The summed E-state index contributed by atoms with van der Waals surface area (Å²) in [4.78, 5) is 38.6. The van der Waals surface area contributed by atoms with E-state index < -0.39 is 0 Å². The molecule has 8 heteroatoms. The van der Waals surface area contributed by atoms with Gasteiger partial charge in [-0.05, 0) is 49.9 Å². The van der Waals surface area contributed by atoms with Gasteiger partial charge < -0.3 is 15.5 Å². The number of hydrogen-bond donors (Lipinski definition) is 2. The van der Waals surface area contributed by atoms with Crippen molar-refractivity contribution in [2.24, 2.45) is 7.05 Å². The molecule has 1 aliphatic heterocycles. The molecule has 0 spiro atoms. The lowest BCUT2D eigenvalue weighted by molar-refractivity contribution is -0.131. The minimum absolute atomic E-state index is 0.0249. The number of carbonyl (C=O) groups is 3. The first kappa shape index (κ1) is 20.6. The zero-order chi connectivity index (χ0) is 21.0. The molecule has 1 saturated heterocycles. The fourth-order valence-corrected chi connectivity index (χ4v) is 3.33. The van der Waals surface area contributed by atoms with Crippen LogP contribution in [0.25, 0.3) is 0 Å². The number of carbonyl (C=O) groups excluding carboxylic acids is 3. The summed E-state index contributed by atoms with van der Waals surface area (Å²) >= 11 is 0. The first-order chi connectivity index (χ1) is 13.8. The second kappa shape index (κ2) is 8.89. The molecule has 29 heavy (non-hydrogen) atoms. The molecule has 0 bridgehead atoms. The molecule has 3 rings (SSSR count). The highest BCUT2D eigenvalue weighted by Crippen LogP contribution is 2.12. The lowest BCUT2D eigenvalue weighted by Crippen LogP contribution is -2.49. The van der Waals surface area contributed by atoms with Gasteiger partial charge in [0.2, 0.25) is 5.91 Å². The Morgan fingerprint density at radius 2 is 1.79 bits per heavy atom. The summed E-state index contributed by atoms with van der Waals surface area (Å²) in [6.45, 7) is 5.02. The zero-order valence-electron chi connectivity index (χ0n) is 17.1. The SMILES string of the molecule is Cc1ccc(C(=O)NCC(=O)N2CCC(NC(=O)c3cnn(C)c3)CC2)cc1C. The molecule has 0 atom stereocenters. The van der Waals surface area contributed by atoms with E-state index in [1.807, 2.05) is 26.0 Å². The molecule has 2 N–H and O–H groups in total. The van der Waals surface area contributed by atoms with E-state index in [1.54, 1.807) is 28.9 Å². The van der Waals surface area contributed by atoms with Crippen LogP contribution in [0.1, 0.15) is 44.7 Å². The van der Waals surface area contributed by atoms with E-state index in [9.17, 15) is 14.4 Å². The summed E-state index contributed by atoms with van der Waals surface area (Å²) in [5.74, 6) is -0.511. The maximum Gasteiger partial charge on any atom is 0.254 e. The number of likely N-dealkylation sites (tertiary alicyclic amines) is 1. The third-order valence-electron chi connectivity index (χ3n) is 5.32. The first-order valence-corrected chi connectivity index (χ1v) is 9.76. The largest absolute Gasteiger partial charge is 0.349 e. The molecule has 2 aromatic rings. The molecule has 8 nitrogen and oxygen atoms in total. The van der Waals surface area contributed by atoms with E-state index in [-0.39, 0.29) is 30.3 Å². The predicted octanol–water partition coefficient (Wildman–Crippen LogP) is 1.19.